The highest BCUT2D eigenvalue weighted by Crippen LogP contribution is 2.37. The third-order valence-corrected chi connectivity index (χ3v) is 5.87. The van der Waals surface area contributed by atoms with Crippen LogP contribution in [0.1, 0.15) is 0 Å². The zero-order chi connectivity index (χ0) is 16.8. The molecule has 5 rings (SSSR count). The molecule has 25 heavy (non-hydrogen) atoms. The lowest BCUT2D eigenvalue weighted by Gasteiger charge is -2.12. The van der Waals surface area contributed by atoms with Gasteiger partial charge in [-0.05, 0) is 78.2 Å². The van der Waals surface area contributed by atoms with Crippen molar-refractivity contribution in [3.8, 4) is 11.1 Å². The van der Waals surface area contributed by atoms with Crippen molar-refractivity contribution in [1.82, 2.24) is 0 Å². The Labute approximate surface area is 160 Å². The first-order valence-corrected chi connectivity index (χ1v) is 9.49. The quantitative estimate of drug-likeness (QED) is 0.192. The molecule has 0 nitrogen and oxygen atoms in total. The van der Waals surface area contributed by atoms with E-state index < -0.39 is 0 Å². The molecule has 0 aliphatic carbocycles. The maximum Gasteiger partial charge on any atom is 0.0208 e. The molecular formula is C24H15I. The van der Waals surface area contributed by atoms with Gasteiger partial charge in [0.25, 0.3) is 0 Å². The summed E-state index contributed by atoms with van der Waals surface area (Å²) < 4.78 is 1.28. The molecule has 0 unspecified atom stereocenters. The van der Waals surface area contributed by atoms with E-state index in [1.807, 2.05) is 0 Å². The van der Waals surface area contributed by atoms with E-state index in [0.717, 1.165) is 0 Å². The van der Waals surface area contributed by atoms with E-state index >= 15 is 0 Å². The fourth-order valence-electron chi connectivity index (χ4n) is 3.77. The third-order valence-electron chi connectivity index (χ3n) is 4.93. The summed E-state index contributed by atoms with van der Waals surface area (Å²) in [6, 6.07) is 32.9. The molecule has 5 aromatic rings. The van der Waals surface area contributed by atoms with Crippen LogP contribution in [-0.2, 0) is 0 Å². The summed E-state index contributed by atoms with van der Waals surface area (Å²) in [6.45, 7) is 0. The molecule has 0 spiro atoms. The smallest absolute Gasteiger partial charge is 0.0208 e. The average Bonchev–Trinajstić information content (AvgIpc) is 2.68. The van der Waals surface area contributed by atoms with Crippen LogP contribution in [0.4, 0.5) is 0 Å². The minimum atomic E-state index is 1.28. The standard InChI is InChI=1S/C24H15I/c25-24-12-6-5-7-17(24)16-13-14-22-20-10-2-1-8-18(20)19-9-3-4-11-21(19)23(22)15-16/h1-15H. The van der Waals surface area contributed by atoms with Crippen molar-refractivity contribution < 1.29 is 0 Å². The Bertz CT molecular complexity index is 1220. The van der Waals surface area contributed by atoms with E-state index in [4.69, 9.17) is 0 Å². The van der Waals surface area contributed by atoms with Gasteiger partial charge in [-0.25, -0.2) is 0 Å². The van der Waals surface area contributed by atoms with Crippen LogP contribution >= 0.6 is 22.6 Å². The number of hydrogen-bond donors (Lipinski definition) is 0. The van der Waals surface area contributed by atoms with E-state index in [1.165, 1.54) is 47.0 Å². The van der Waals surface area contributed by atoms with Crippen LogP contribution in [0.25, 0.3) is 43.4 Å². The van der Waals surface area contributed by atoms with Crippen LogP contribution in [0.3, 0.4) is 0 Å². The second-order valence-corrected chi connectivity index (χ2v) is 7.49. The second-order valence-electron chi connectivity index (χ2n) is 6.33. The minimum Gasteiger partial charge on any atom is -0.0616 e. The lowest BCUT2D eigenvalue weighted by molar-refractivity contribution is 1.60. The molecular weight excluding hydrogens is 415 g/mol. The van der Waals surface area contributed by atoms with Gasteiger partial charge in [-0.2, -0.15) is 0 Å². The fourth-order valence-corrected chi connectivity index (χ4v) is 4.47. The first-order chi connectivity index (χ1) is 12.3. The molecule has 0 heterocycles. The topological polar surface area (TPSA) is 0 Å². The van der Waals surface area contributed by atoms with Crippen LogP contribution in [0.5, 0.6) is 0 Å². The van der Waals surface area contributed by atoms with Crippen LogP contribution < -0.4 is 0 Å². The average molecular weight is 430 g/mol. The summed E-state index contributed by atoms with van der Waals surface area (Å²) in [4.78, 5) is 0. The van der Waals surface area contributed by atoms with Gasteiger partial charge in [-0.3, -0.25) is 0 Å². The molecule has 0 saturated carbocycles. The number of rotatable bonds is 1. The molecule has 0 amide bonds. The molecule has 1 heteroatoms. The van der Waals surface area contributed by atoms with Crippen molar-refractivity contribution in [2.75, 3.05) is 0 Å². The third kappa shape index (κ3) is 2.34. The van der Waals surface area contributed by atoms with E-state index in [-0.39, 0.29) is 0 Å². The largest absolute Gasteiger partial charge is 0.0616 e. The van der Waals surface area contributed by atoms with Gasteiger partial charge >= 0.3 is 0 Å². The predicted molar refractivity (Wildman–Crippen MR) is 117 cm³/mol. The molecule has 0 aliphatic heterocycles. The first-order valence-electron chi connectivity index (χ1n) is 8.41. The van der Waals surface area contributed by atoms with Crippen LogP contribution in [0, 0.1) is 3.57 Å². The van der Waals surface area contributed by atoms with Gasteiger partial charge in [0, 0.05) is 3.57 Å². The monoisotopic (exact) mass is 430 g/mol. The Morgan fingerprint density at radius 1 is 0.440 bits per heavy atom. The van der Waals surface area contributed by atoms with E-state index in [2.05, 4.69) is 114 Å². The molecule has 0 fully saturated rings. The molecule has 0 aliphatic rings. The second kappa shape index (κ2) is 5.85. The highest BCUT2D eigenvalue weighted by atomic mass is 127. The fraction of sp³-hybridized carbons (Fsp3) is 0. The number of hydrogen-bond acceptors (Lipinski definition) is 0. The normalized spacial score (nSPS) is 11.4. The van der Waals surface area contributed by atoms with Crippen LogP contribution in [0.15, 0.2) is 91.0 Å². The van der Waals surface area contributed by atoms with Crippen molar-refractivity contribution in [1.29, 1.82) is 0 Å². The maximum absolute atomic E-state index is 2.42. The van der Waals surface area contributed by atoms with E-state index in [1.54, 1.807) is 0 Å². The van der Waals surface area contributed by atoms with Gasteiger partial charge in [0.15, 0.2) is 0 Å². The van der Waals surface area contributed by atoms with Crippen molar-refractivity contribution in [2.24, 2.45) is 0 Å². The first kappa shape index (κ1) is 14.9. The molecule has 0 bridgehead atoms. The number of benzene rings is 5. The van der Waals surface area contributed by atoms with Gasteiger partial charge in [-0.1, -0.05) is 78.9 Å². The summed E-state index contributed by atoms with van der Waals surface area (Å²) in [5.41, 5.74) is 2.57. The Hall–Kier alpha value is -2.39. The zero-order valence-electron chi connectivity index (χ0n) is 13.5. The Kier molecular flexibility index (Phi) is 3.49. The van der Waals surface area contributed by atoms with Gasteiger partial charge in [0.05, 0.1) is 0 Å². The van der Waals surface area contributed by atoms with Gasteiger partial charge in [0.1, 0.15) is 0 Å². The van der Waals surface area contributed by atoms with Crippen LogP contribution in [-0.4, -0.2) is 0 Å². The Morgan fingerprint density at radius 3 is 1.52 bits per heavy atom. The highest BCUT2D eigenvalue weighted by molar-refractivity contribution is 14.1. The van der Waals surface area contributed by atoms with E-state index in [9.17, 15) is 0 Å². The Morgan fingerprint density at radius 2 is 0.920 bits per heavy atom. The predicted octanol–water partition coefficient (Wildman–Crippen LogP) is 7.42. The highest BCUT2D eigenvalue weighted by Gasteiger charge is 2.10. The lowest BCUT2D eigenvalue weighted by Crippen LogP contribution is -1.86. The van der Waals surface area contributed by atoms with E-state index in [0.29, 0.717) is 0 Å². The zero-order valence-corrected chi connectivity index (χ0v) is 15.7. The number of fused-ring (bicyclic) bond motifs is 6. The van der Waals surface area contributed by atoms with Crippen molar-refractivity contribution >= 4 is 54.9 Å². The molecule has 0 aromatic heterocycles. The summed E-state index contributed by atoms with van der Waals surface area (Å²) in [5.74, 6) is 0. The summed E-state index contributed by atoms with van der Waals surface area (Å²) in [6.07, 6.45) is 0. The van der Waals surface area contributed by atoms with Crippen molar-refractivity contribution in [3.63, 3.8) is 0 Å². The van der Waals surface area contributed by atoms with Crippen molar-refractivity contribution in [3.05, 3.63) is 94.6 Å². The maximum atomic E-state index is 2.42. The lowest BCUT2D eigenvalue weighted by atomic mass is 9.92. The summed E-state index contributed by atoms with van der Waals surface area (Å²) in [5, 5.41) is 7.95. The Balaban J connectivity index is 1.96. The molecule has 0 radical (unpaired) electrons. The number of halogens is 1. The molecule has 0 saturated heterocycles. The SMILES string of the molecule is Ic1ccccc1-c1ccc2c3ccccc3c3ccccc3c2c1. The minimum absolute atomic E-state index is 1.28. The van der Waals surface area contributed by atoms with Crippen molar-refractivity contribution in [2.45, 2.75) is 0 Å². The molecule has 0 atom stereocenters. The molecule has 5 aromatic carbocycles. The van der Waals surface area contributed by atoms with Gasteiger partial charge in [0.2, 0.25) is 0 Å². The summed E-state index contributed by atoms with van der Waals surface area (Å²) in [7, 11) is 0. The molecule has 0 N–H and O–H groups in total. The molecule has 118 valence electrons. The summed E-state index contributed by atoms with van der Waals surface area (Å²) >= 11 is 2.42. The van der Waals surface area contributed by atoms with Crippen LogP contribution in [0.2, 0.25) is 0 Å². The van der Waals surface area contributed by atoms with Gasteiger partial charge in [-0.15, -0.1) is 0 Å². The van der Waals surface area contributed by atoms with Gasteiger partial charge < -0.3 is 0 Å².